The molecule has 1 saturated heterocycles. The van der Waals surface area contributed by atoms with E-state index in [0.29, 0.717) is 22.7 Å². The summed E-state index contributed by atoms with van der Waals surface area (Å²) in [5.74, 6) is 0.0577. The van der Waals surface area contributed by atoms with Gasteiger partial charge in [0.25, 0.3) is 11.5 Å². The molecule has 0 atom stereocenters. The van der Waals surface area contributed by atoms with Crippen LogP contribution in [0.25, 0.3) is 23.0 Å². The fraction of sp³-hybridized carbons (Fsp3) is 0.138. The van der Waals surface area contributed by atoms with E-state index in [9.17, 15) is 14.4 Å². The average Bonchev–Trinajstić information content (AvgIpc) is 3.35. The van der Waals surface area contributed by atoms with Crippen LogP contribution in [0.2, 0.25) is 0 Å². The predicted octanol–water partition coefficient (Wildman–Crippen LogP) is 4.55. The number of nitrogens with one attached hydrogen (secondary N) is 2. The number of hydrogen-bond acceptors (Lipinski definition) is 4. The average molecular weight is 495 g/mol. The van der Waals surface area contributed by atoms with Crippen LogP contribution in [-0.4, -0.2) is 33.7 Å². The molecule has 2 N–H and O–H groups in total. The Kier molecular flexibility index (Phi) is 6.23. The number of imide groups is 1. The summed E-state index contributed by atoms with van der Waals surface area (Å²) in [7, 11) is 1.55. The highest BCUT2D eigenvalue weighted by molar-refractivity contribution is 6.14. The Balaban J connectivity index is 1.60. The van der Waals surface area contributed by atoms with Crippen LogP contribution >= 0.6 is 0 Å². The molecule has 1 fully saturated rings. The lowest BCUT2D eigenvalue weighted by atomic mass is 10.1. The zero-order valence-electron chi connectivity index (χ0n) is 20.7. The summed E-state index contributed by atoms with van der Waals surface area (Å²) >= 11 is 0. The molecule has 8 heteroatoms. The number of amides is 3. The molecule has 2 heterocycles. The molecule has 37 heavy (non-hydrogen) atoms. The van der Waals surface area contributed by atoms with Gasteiger partial charge in [0, 0.05) is 5.56 Å². The van der Waals surface area contributed by atoms with Crippen LogP contribution in [0, 0.1) is 13.8 Å². The topological polar surface area (TPSA) is 96.4 Å². The molecule has 3 amide bonds. The van der Waals surface area contributed by atoms with Crippen molar-refractivity contribution in [3.05, 3.63) is 111 Å². The lowest BCUT2D eigenvalue weighted by Crippen LogP contribution is -2.30. The van der Waals surface area contributed by atoms with Gasteiger partial charge in [0.05, 0.1) is 30.6 Å². The highest BCUT2D eigenvalue weighted by Crippen LogP contribution is 2.31. The highest BCUT2D eigenvalue weighted by atomic mass is 16.5. The van der Waals surface area contributed by atoms with Crippen molar-refractivity contribution in [3.8, 4) is 22.7 Å². The Morgan fingerprint density at radius 2 is 1.65 bits per heavy atom. The molecule has 5 rings (SSSR count). The number of rotatable bonds is 6. The van der Waals surface area contributed by atoms with Gasteiger partial charge in [-0.15, -0.1) is 0 Å². The molecule has 0 bridgehead atoms. The van der Waals surface area contributed by atoms with E-state index in [1.807, 2.05) is 80.6 Å². The third-order valence-electron chi connectivity index (χ3n) is 6.27. The molecule has 1 aliphatic heterocycles. The van der Waals surface area contributed by atoms with Crippen LogP contribution in [0.1, 0.15) is 22.3 Å². The number of benzene rings is 3. The van der Waals surface area contributed by atoms with E-state index < -0.39 is 11.9 Å². The van der Waals surface area contributed by atoms with Gasteiger partial charge in [-0.05, 0) is 49.8 Å². The van der Waals surface area contributed by atoms with Gasteiger partial charge < -0.3 is 10.1 Å². The maximum Gasteiger partial charge on any atom is 0.329 e. The molecule has 0 radical (unpaired) electrons. The second kappa shape index (κ2) is 9.66. The molecule has 0 aliphatic carbocycles. The molecule has 3 aromatic carbocycles. The summed E-state index contributed by atoms with van der Waals surface area (Å²) < 4.78 is 6.95. The molecule has 0 saturated carbocycles. The van der Waals surface area contributed by atoms with E-state index >= 15 is 0 Å². The van der Waals surface area contributed by atoms with Gasteiger partial charge in [-0.1, -0.05) is 59.7 Å². The van der Waals surface area contributed by atoms with Crippen molar-refractivity contribution in [1.82, 2.24) is 20.0 Å². The third kappa shape index (κ3) is 4.56. The van der Waals surface area contributed by atoms with Crippen LogP contribution in [0.15, 0.2) is 83.3 Å². The Bertz CT molecular complexity index is 1590. The van der Waals surface area contributed by atoms with Gasteiger partial charge in [-0.3, -0.25) is 19.6 Å². The summed E-state index contributed by atoms with van der Waals surface area (Å²) in [5, 5.41) is 5.81. The molecular formula is C29H26N4O4. The summed E-state index contributed by atoms with van der Waals surface area (Å²) in [6.07, 6.45) is 1.43. The van der Waals surface area contributed by atoms with Crippen LogP contribution < -0.4 is 15.6 Å². The van der Waals surface area contributed by atoms with Crippen molar-refractivity contribution < 1.29 is 14.3 Å². The van der Waals surface area contributed by atoms with Crippen LogP contribution in [0.3, 0.4) is 0 Å². The van der Waals surface area contributed by atoms with E-state index in [0.717, 1.165) is 21.6 Å². The van der Waals surface area contributed by atoms with Crippen molar-refractivity contribution in [2.24, 2.45) is 0 Å². The second-order valence-electron chi connectivity index (χ2n) is 8.95. The number of urea groups is 1. The number of aromatic amines is 1. The standard InChI is InChI=1S/C29H26N4O4/c1-18-11-13-21(14-12-18)33-27(34)23(26(31-33)22-9-4-5-10-25(22)37-3)16-24-28(35)32(29(36)30-24)17-20-8-6-7-19(2)15-20/h4-16,31H,17H2,1-3H3,(H,30,36)/b24-16-. The van der Waals surface area contributed by atoms with Gasteiger partial charge in [0.15, 0.2) is 0 Å². The molecule has 186 valence electrons. The van der Waals surface area contributed by atoms with Gasteiger partial charge in [0.1, 0.15) is 11.4 Å². The second-order valence-corrected chi connectivity index (χ2v) is 8.95. The van der Waals surface area contributed by atoms with Crippen molar-refractivity contribution in [3.63, 3.8) is 0 Å². The highest BCUT2D eigenvalue weighted by Gasteiger charge is 2.34. The summed E-state index contributed by atoms with van der Waals surface area (Å²) in [6.45, 7) is 4.04. The number of carbonyl (C=O) groups excluding carboxylic acids is 2. The fourth-order valence-corrected chi connectivity index (χ4v) is 4.37. The maximum absolute atomic E-state index is 13.6. The molecule has 8 nitrogen and oxygen atoms in total. The minimum atomic E-state index is -0.536. The van der Waals surface area contributed by atoms with Gasteiger partial charge in [-0.2, -0.15) is 0 Å². The SMILES string of the molecule is COc1ccccc1-c1[nH]n(-c2ccc(C)cc2)c(=O)c1/C=C1\NC(=O)N(Cc2cccc(C)c2)C1=O. The van der Waals surface area contributed by atoms with E-state index in [4.69, 9.17) is 4.74 Å². The van der Waals surface area contributed by atoms with Crippen molar-refractivity contribution in [2.75, 3.05) is 7.11 Å². The normalized spacial score (nSPS) is 14.4. The summed E-state index contributed by atoms with van der Waals surface area (Å²) in [4.78, 5) is 40.7. The van der Waals surface area contributed by atoms with Crippen molar-refractivity contribution in [2.45, 2.75) is 20.4 Å². The van der Waals surface area contributed by atoms with E-state index in [1.54, 1.807) is 13.2 Å². The molecule has 0 unspecified atom stereocenters. The van der Waals surface area contributed by atoms with E-state index in [-0.39, 0.29) is 23.4 Å². The first kappa shape index (κ1) is 23.9. The first-order valence-corrected chi connectivity index (χ1v) is 11.8. The van der Waals surface area contributed by atoms with Gasteiger partial charge in [0.2, 0.25) is 0 Å². The maximum atomic E-state index is 13.6. The molecule has 4 aromatic rings. The smallest absolute Gasteiger partial charge is 0.329 e. The summed E-state index contributed by atoms with van der Waals surface area (Å²) in [5.41, 5.74) is 4.57. The quantitative estimate of drug-likeness (QED) is 0.304. The zero-order valence-corrected chi connectivity index (χ0v) is 20.7. The van der Waals surface area contributed by atoms with Gasteiger partial charge >= 0.3 is 6.03 Å². The lowest BCUT2D eigenvalue weighted by molar-refractivity contribution is -0.123. The van der Waals surface area contributed by atoms with Crippen molar-refractivity contribution >= 4 is 18.0 Å². The number of aromatic nitrogens is 2. The Labute approximate surface area is 213 Å². The van der Waals surface area contributed by atoms with Gasteiger partial charge in [-0.25, -0.2) is 9.48 Å². The summed E-state index contributed by atoms with van der Waals surface area (Å²) in [6, 6.07) is 21.9. The monoisotopic (exact) mass is 494 g/mol. The number of aryl methyl sites for hydroxylation is 2. The molecular weight excluding hydrogens is 468 g/mol. The number of carbonyl (C=O) groups is 2. The van der Waals surface area contributed by atoms with Crippen molar-refractivity contribution in [1.29, 1.82) is 0 Å². The first-order chi connectivity index (χ1) is 17.9. The third-order valence-corrected chi connectivity index (χ3v) is 6.27. The largest absolute Gasteiger partial charge is 0.496 e. The molecule has 1 aromatic heterocycles. The number of ether oxygens (including phenoxy) is 1. The Morgan fingerprint density at radius 1 is 0.892 bits per heavy atom. The number of methoxy groups -OCH3 is 1. The Morgan fingerprint density at radius 3 is 2.38 bits per heavy atom. The number of H-pyrrole nitrogens is 1. The number of nitrogens with zero attached hydrogens (tertiary/aromatic N) is 2. The zero-order chi connectivity index (χ0) is 26.1. The minimum absolute atomic E-state index is 0.0287. The van der Waals surface area contributed by atoms with Crippen LogP contribution in [-0.2, 0) is 11.3 Å². The fourth-order valence-electron chi connectivity index (χ4n) is 4.37. The predicted molar refractivity (Wildman–Crippen MR) is 141 cm³/mol. The number of hydrogen-bond donors (Lipinski definition) is 2. The van der Waals surface area contributed by atoms with Crippen LogP contribution in [0.5, 0.6) is 5.75 Å². The van der Waals surface area contributed by atoms with E-state index in [2.05, 4.69) is 10.4 Å². The lowest BCUT2D eigenvalue weighted by Gasteiger charge is -2.12. The Hall–Kier alpha value is -4.85. The minimum Gasteiger partial charge on any atom is -0.496 e. The van der Waals surface area contributed by atoms with E-state index in [1.165, 1.54) is 10.8 Å². The first-order valence-electron chi connectivity index (χ1n) is 11.8. The number of para-hydroxylation sites is 1. The van der Waals surface area contributed by atoms with Crippen LogP contribution in [0.4, 0.5) is 4.79 Å². The molecule has 1 aliphatic rings. The molecule has 0 spiro atoms.